The number of amides is 1. The summed E-state index contributed by atoms with van der Waals surface area (Å²) in [5.41, 5.74) is -0.488. The molecular weight excluding hydrogens is 324 g/mol. The molecule has 0 spiro atoms. The van der Waals surface area contributed by atoms with Crippen molar-refractivity contribution in [3.8, 4) is 5.75 Å². The molecule has 0 radical (unpaired) electrons. The molecule has 7 heteroatoms. The Morgan fingerprint density at radius 1 is 1.36 bits per heavy atom. The largest absolute Gasteiger partial charge is 0.489 e. The summed E-state index contributed by atoms with van der Waals surface area (Å²) in [6.07, 6.45) is 2.64. The predicted molar refractivity (Wildman–Crippen MR) is 92.6 cm³/mol. The normalized spacial score (nSPS) is 18.6. The van der Waals surface area contributed by atoms with E-state index in [1.165, 1.54) is 6.08 Å². The van der Waals surface area contributed by atoms with Crippen molar-refractivity contribution in [2.75, 3.05) is 13.2 Å². The highest BCUT2D eigenvalue weighted by molar-refractivity contribution is 6.07. The molecule has 0 saturated carbocycles. The second-order valence-corrected chi connectivity index (χ2v) is 5.47. The number of para-hydroxylation sites is 1. The summed E-state index contributed by atoms with van der Waals surface area (Å²) in [6.45, 7) is 7.64. The molecule has 1 unspecified atom stereocenters. The van der Waals surface area contributed by atoms with E-state index in [1.54, 1.807) is 30.3 Å². The van der Waals surface area contributed by atoms with E-state index in [4.69, 9.17) is 9.57 Å². The molecule has 1 aromatic carbocycles. The number of aliphatic carboxylic acids is 1. The summed E-state index contributed by atoms with van der Waals surface area (Å²) in [6, 6.07) is 7.14. The van der Waals surface area contributed by atoms with Gasteiger partial charge in [0.15, 0.2) is 0 Å². The van der Waals surface area contributed by atoms with Gasteiger partial charge in [0.05, 0.1) is 12.1 Å². The Bertz CT molecular complexity index is 713. The van der Waals surface area contributed by atoms with Crippen LogP contribution in [-0.4, -0.2) is 41.4 Å². The van der Waals surface area contributed by atoms with Gasteiger partial charge in [-0.05, 0) is 12.1 Å². The molecular formula is C18H20N2O5. The minimum Gasteiger partial charge on any atom is -0.489 e. The quantitative estimate of drug-likeness (QED) is 0.667. The van der Waals surface area contributed by atoms with Crippen LogP contribution in [-0.2, 0) is 14.4 Å². The standard InChI is InChI=1S/C18H20N2O5/c1-3-9-19-17(23)18(12-16(21)22)11-14(20-25-18)13-7-5-6-8-15(13)24-10-4-2/h3-8H,1-2,9-12H2,(H,19,23)(H,21,22). The van der Waals surface area contributed by atoms with Crippen LogP contribution in [0.25, 0.3) is 0 Å². The van der Waals surface area contributed by atoms with Crippen LogP contribution in [0.1, 0.15) is 18.4 Å². The minimum absolute atomic E-state index is 0.0245. The van der Waals surface area contributed by atoms with Crippen molar-refractivity contribution >= 4 is 17.6 Å². The molecule has 2 N–H and O–H groups in total. The van der Waals surface area contributed by atoms with Gasteiger partial charge in [0.2, 0.25) is 5.60 Å². The molecule has 7 nitrogen and oxygen atoms in total. The Morgan fingerprint density at radius 3 is 2.80 bits per heavy atom. The zero-order valence-corrected chi connectivity index (χ0v) is 13.7. The van der Waals surface area contributed by atoms with Crippen molar-refractivity contribution in [2.45, 2.75) is 18.4 Å². The maximum atomic E-state index is 12.4. The summed E-state index contributed by atoms with van der Waals surface area (Å²) in [5, 5.41) is 15.7. The summed E-state index contributed by atoms with van der Waals surface area (Å²) >= 11 is 0. The highest BCUT2D eigenvalue weighted by atomic mass is 16.7. The number of benzene rings is 1. The highest BCUT2D eigenvalue weighted by Crippen LogP contribution is 2.33. The number of carbonyl (C=O) groups excluding carboxylic acids is 1. The Labute approximate surface area is 145 Å². The zero-order chi connectivity index (χ0) is 18.3. The topological polar surface area (TPSA) is 97.2 Å². The lowest BCUT2D eigenvalue weighted by Crippen LogP contribution is -2.48. The van der Waals surface area contributed by atoms with Gasteiger partial charge in [-0.15, -0.1) is 6.58 Å². The smallest absolute Gasteiger partial charge is 0.308 e. The van der Waals surface area contributed by atoms with Crippen LogP contribution in [0.4, 0.5) is 0 Å². The van der Waals surface area contributed by atoms with Gasteiger partial charge in [0, 0.05) is 18.5 Å². The molecule has 0 fully saturated rings. The molecule has 25 heavy (non-hydrogen) atoms. The Balaban J connectivity index is 2.26. The van der Waals surface area contributed by atoms with Gasteiger partial charge in [-0.2, -0.15) is 0 Å². The lowest BCUT2D eigenvalue weighted by atomic mass is 9.90. The van der Waals surface area contributed by atoms with E-state index >= 15 is 0 Å². The first-order valence-electron chi connectivity index (χ1n) is 7.71. The van der Waals surface area contributed by atoms with Gasteiger partial charge in [-0.1, -0.05) is 36.0 Å². The number of hydrogen-bond donors (Lipinski definition) is 2. The van der Waals surface area contributed by atoms with Crippen molar-refractivity contribution in [3.63, 3.8) is 0 Å². The van der Waals surface area contributed by atoms with E-state index in [9.17, 15) is 14.7 Å². The van der Waals surface area contributed by atoms with Crippen LogP contribution in [0.2, 0.25) is 0 Å². The van der Waals surface area contributed by atoms with Crippen molar-refractivity contribution < 1.29 is 24.3 Å². The highest BCUT2D eigenvalue weighted by Gasteiger charge is 2.48. The fourth-order valence-electron chi connectivity index (χ4n) is 2.47. The number of carboxylic acid groups (broad SMARTS) is 1. The van der Waals surface area contributed by atoms with Gasteiger partial charge in [0.25, 0.3) is 5.91 Å². The molecule has 0 aromatic heterocycles. The van der Waals surface area contributed by atoms with Gasteiger partial charge in [-0.3, -0.25) is 9.59 Å². The van der Waals surface area contributed by atoms with Crippen LogP contribution in [0.15, 0.2) is 54.7 Å². The number of oxime groups is 1. The average molecular weight is 344 g/mol. The maximum Gasteiger partial charge on any atom is 0.308 e. The first-order valence-corrected chi connectivity index (χ1v) is 7.71. The van der Waals surface area contributed by atoms with Crippen LogP contribution in [0.3, 0.4) is 0 Å². The molecule has 1 aliphatic rings. The number of ether oxygens (including phenoxy) is 1. The van der Waals surface area contributed by atoms with Crippen LogP contribution in [0, 0.1) is 0 Å². The van der Waals surface area contributed by atoms with Crippen LogP contribution >= 0.6 is 0 Å². The number of nitrogens with one attached hydrogen (secondary N) is 1. The molecule has 132 valence electrons. The third-order valence-electron chi connectivity index (χ3n) is 3.60. The fourth-order valence-corrected chi connectivity index (χ4v) is 2.47. The molecule has 0 saturated heterocycles. The molecule has 2 rings (SSSR count). The van der Waals surface area contributed by atoms with Crippen molar-refractivity contribution in [2.24, 2.45) is 5.16 Å². The fraction of sp³-hybridized carbons (Fsp3) is 0.278. The number of carboxylic acids is 1. The summed E-state index contributed by atoms with van der Waals surface area (Å²) < 4.78 is 5.59. The van der Waals surface area contributed by atoms with Gasteiger partial charge in [0.1, 0.15) is 12.4 Å². The molecule has 1 aliphatic heterocycles. The van der Waals surface area contributed by atoms with E-state index in [2.05, 4.69) is 23.6 Å². The molecule has 0 aliphatic carbocycles. The van der Waals surface area contributed by atoms with E-state index in [0.717, 1.165) is 0 Å². The number of carbonyl (C=O) groups is 2. The van der Waals surface area contributed by atoms with E-state index in [-0.39, 0.29) is 13.0 Å². The molecule has 1 atom stereocenters. The average Bonchev–Trinajstić information content (AvgIpc) is 3.02. The molecule has 1 aromatic rings. The van der Waals surface area contributed by atoms with Crippen molar-refractivity contribution in [3.05, 3.63) is 55.1 Å². The number of nitrogens with zero attached hydrogens (tertiary/aromatic N) is 1. The summed E-state index contributed by atoms with van der Waals surface area (Å²) in [4.78, 5) is 29.0. The zero-order valence-electron chi connectivity index (χ0n) is 13.7. The monoisotopic (exact) mass is 344 g/mol. The Hall–Kier alpha value is -3.09. The lowest BCUT2D eigenvalue weighted by molar-refractivity contribution is -0.155. The third kappa shape index (κ3) is 4.26. The van der Waals surface area contributed by atoms with Crippen molar-refractivity contribution in [1.82, 2.24) is 5.32 Å². The number of rotatable bonds is 9. The first kappa shape index (κ1) is 18.3. The second-order valence-electron chi connectivity index (χ2n) is 5.47. The van der Waals surface area contributed by atoms with Gasteiger partial charge in [-0.25, -0.2) is 0 Å². The maximum absolute atomic E-state index is 12.4. The summed E-state index contributed by atoms with van der Waals surface area (Å²) in [5.74, 6) is -1.14. The van der Waals surface area contributed by atoms with E-state index < -0.39 is 23.9 Å². The Morgan fingerprint density at radius 2 is 2.12 bits per heavy atom. The van der Waals surface area contributed by atoms with Gasteiger partial charge >= 0.3 is 5.97 Å². The van der Waals surface area contributed by atoms with E-state index in [0.29, 0.717) is 23.6 Å². The predicted octanol–water partition coefficient (Wildman–Crippen LogP) is 1.89. The Kier molecular flexibility index (Phi) is 5.94. The molecule has 1 amide bonds. The molecule has 0 bridgehead atoms. The second kappa shape index (κ2) is 8.14. The van der Waals surface area contributed by atoms with Crippen LogP contribution in [0.5, 0.6) is 5.75 Å². The van der Waals surface area contributed by atoms with Crippen molar-refractivity contribution in [1.29, 1.82) is 0 Å². The third-order valence-corrected chi connectivity index (χ3v) is 3.60. The van der Waals surface area contributed by atoms with E-state index in [1.807, 2.05) is 0 Å². The van der Waals surface area contributed by atoms with Crippen LogP contribution < -0.4 is 10.1 Å². The minimum atomic E-state index is -1.59. The first-order chi connectivity index (χ1) is 12.0. The SMILES string of the molecule is C=CCNC(=O)C1(CC(=O)O)CC(c2ccccc2OCC=C)=NO1. The summed E-state index contributed by atoms with van der Waals surface area (Å²) in [7, 11) is 0. The molecule has 1 heterocycles. The van der Waals surface area contributed by atoms with Gasteiger partial charge < -0.3 is 20.0 Å². The number of hydrogen-bond acceptors (Lipinski definition) is 5. The lowest BCUT2D eigenvalue weighted by Gasteiger charge is -2.23.